The van der Waals surface area contributed by atoms with Crippen molar-refractivity contribution in [1.82, 2.24) is 4.57 Å². The lowest BCUT2D eigenvalue weighted by molar-refractivity contribution is -0.139. The van der Waals surface area contributed by atoms with E-state index in [0.29, 0.717) is 38.3 Å². The van der Waals surface area contributed by atoms with Crippen molar-refractivity contribution < 1.29 is 19.0 Å². The minimum absolute atomic E-state index is 0.0314. The molecule has 3 aromatic carbocycles. The van der Waals surface area contributed by atoms with Gasteiger partial charge >= 0.3 is 5.97 Å². The molecule has 0 amide bonds. The number of esters is 1. The summed E-state index contributed by atoms with van der Waals surface area (Å²) >= 11 is 4.88. The van der Waals surface area contributed by atoms with Gasteiger partial charge in [-0.25, -0.2) is 9.79 Å². The van der Waals surface area contributed by atoms with E-state index >= 15 is 0 Å². The Kier molecular flexibility index (Phi) is 8.99. The molecule has 0 aliphatic carbocycles. The summed E-state index contributed by atoms with van der Waals surface area (Å²) < 4.78 is 20.2. The predicted octanol–water partition coefficient (Wildman–Crippen LogP) is 6.29. The van der Waals surface area contributed by atoms with Gasteiger partial charge in [-0.1, -0.05) is 70.9 Å². The van der Waals surface area contributed by atoms with Crippen LogP contribution in [0, 0.1) is 0 Å². The number of nitrogens with zero attached hydrogens (tertiary/aromatic N) is 2. The molecule has 1 aromatic heterocycles. The normalized spacial score (nSPS) is 15.1. The number of allylic oxidation sites excluding steroid dienone is 1. The van der Waals surface area contributed by atoms with Gasteiger partial charge in [0.15, 0.2) is 4.80 Å². The van der Waals surface area contributed by atoms with Gasteiger partial charge < -0.3 is 14.2 Å². The second-order valence-electron chi connectivity index (χ2n) is 10.2. The molecule has 0 spiro atoms. The molecule has 7 nitrogen and oxygen atoms in total. The van der Waals surface area contributed by atoms with Crippen LogP contribution >= 0.6 is 27.3 Å². The van der Waals surface area contributed by atoms with Crippen molar-refractivity contribution in [3.8, 4) is 11.5 Å². The van der Waals surface area contributed by atoms with E-state index in [4.69, 9.17) is 19.2 Å². The summed E-state index contributed by atoms with van der Waals surface area (Å²) in [5.41, 5.74) is 2.30. The number of fused-ring (bicyclic) bond motifs is 2. The number of rotatable bonds is 9. The topological polar surface area (TPSA) is 79.1 Å². The summed E-state index contributed by atoms with van der Waals surface area (Å²) in [4.78, 5) is 33.2. The monoisotopic (exact) mass is 648 g/mol. The molecule has 0 N–H and O–H groups in total. The third-order valence-corrected chi connectivity index (χ3v) is 8.42. The third-order valence-electron chi connectivity index (χ3n) is 6.95. The zero-order valence-corrected chi connectivity index (χ0v) is 26.7. The van der Waals surface area contributed by atoms with Gasteiger partial charge in [0.2, 0.25) is 0 Å². The van der Waals surface area contributed by atoms with Gasteiger partial charge in [0, 0.05) is 15.4 Å². The van der Waals surface area contributed by atoms with Crippen molar-refractivity contribution in [1.29, 1.82) is 0 Å². The van der Waals surface area contributed by atoms with E-state index in [1.54, 1.807) is 18.6 Å². The van der Waals surface area contributed by atoms with E-state index in [-0.39, 0.29) is 18.3 Å². The molecule has 0 unspecified atom stereocenters. The molecular formula is C33H33BrN2O5S. The minimum Gasteiger partial charge on any atom is -0.496 e. The fourth-order valence-electron chi connectivity index (χ4n) is 5.25. The highest BCUT2D eigenvalue weighted by Gasteiger charge is 2.36. The Hall–Kier alpha value is -3.69. The molecule has 1 aliphatic heterocycles. The first-order chi connectivity index (χ1) is 20.3. The number of benzene rings is 3. The van der Waals surface area contributed by atoms with Crippen molar-refractivity contribution in [3.05, 3.63) is 101 Å². The number of hydrogen-bond donors (Lipinski definition) is 0. The first kappa shape index (κ1) is 29.8. The van der Waals surface area contributed by atoms with E-state index in [1.807, 2.05) is 81.4 Å². The molecule has 2 heterocycles. The number of methoxy groups -OCH3 is 1. The molecule has 4 aromatic rings. The number of hydrogen-bond acceptors (Lipinski definition) is 7. The first-order valence-corrected chi connectivity index (χ1v) is 15.6. The fourth-order valence-corrected chi connectivity index (χ4v) is 6.64. The number of thiazole rings is 1. The Morgan fingerprint density at radius 3 is 2.52 bits per heavy atom. The number of aromatic nitrogens is 1. The molecule has 1 aliphatic rings. The highest BCUT2D eigenvalue weighted by molar-refractivity contribution is 9.10. The SMILES string of the molecule is CCCC1=C(C(=O)OCC)[C@@H](c2cc(Br)ccc2OC)n2c(s/c(=C/c3ccc(OC(C)C)c4ccccc34)c2=O)=N1. The first-order valence-electron chi connectivity index (χ1n) is 14.0. The maximum atomic E-state index is 14.3. The minimum atomic E-state index is -0.769. The molecule has 0 fully saturated rings. The smallest absolute Gasteiger partial charge is 0.338 e. The van der Waals surface area contributed by atoms with Crippen LogP contribution in [0.5, 0.6) is 11.5 Å². The van der Waals surface area contributed by atoms with Gasteiger partial charge in [0.05, 0.1) is 35.6 Å². The zero-order chi connectivity index (χ0) is 30.0. The van der Waals surface area contributed by atoms with Crippen LogP contribution in [-0.2, 0) is 9.53 Å². The Balaban J connectivity index is 1.79. The van der Waals surface area contributed by atoms with Crippen LogP contribution in [0.25, 0.3) is 16.8 Å². The molecule has 0 saturated carbocycles. The zero-order valence-electron chi connectivity index (χ0n) is 24.3. The molecule has 9 heteroatoms. The summed E-state index contributed by atoms with van der Waals surface area (Å²) in [7, 11) is 1.58. The van der Waals surface area contributed by atoms with E-state index < -0.39 is 12.0 Å². The second-order valence-corrected chi connectivity index (χ2v) is 12.1. The van der Waals surface area contributed by atoms with Crippen LogP contribution in [-0.4, -0.2) is 30.4 Å². The van der Waals surface area contributed by atoms with Crippen LogP contribution in [0.4, 0.5) is 0 Å². The van der Waals surface area contributed by atoms with Crippen LogP contribution in [0.3, 0.4) is 0 Å². The van der Waals surface area contributed by atoms with Gasteiger partial charge in [0.1, 0.15) is 17.5 Å². The average molecular weight is 650 g/mol. The van der Waals surface area contributed by atoms with Crippen molar-refractivity contribution in [2.75, 3.05) is 13.7 Å². The lowest BCUT2D eigenvalue weighted by atomic mass is 9.93. The molecular weight excluding hydrogens is 616 g/mol. The lowest BCUT2D eigenvalue weighted by Crippen LogP contribution is -2.40. The van der Waals surface area contributed by atoms with Gasteiger partial charge in [0.25, 0.3) is 5.56 Å². The highest BCUT2D eigenvalue weighted by Crippen LogP contribution is 2.38. The molecule has 0 radical (unpaired) electrons. The number of halogens is 1. The van der Waals surface area contributed by atoms with Crippen molar-refractivity contribution >= 4 is 50.1 Å². The molecule has 0 saturated heterocycles. The fraction of sp³-hybridized carbons (Fsp3) is 0.303. The van der Waals surface area contributed by atoms with Crippen molar-refractivity contribution in [2.45, 2.75) is 52.7 Å². The van der Waals surface area contributed by atoms with E-state index in [1.165, 1.54) is 11.3 Å². The molecule has 1 atom stereocenters. The lowest BCUT2D eigenvalue weighted by Gasteiger charge is -2.27. The summed E-state index contributed by atoms with van der Waals surface area (Å²) in [6.07, 6.45) is 3.27. The summed E-state index contributed by atoms with van der Waals surface area (Å²) in [5, 5.41) is 1.95. The van der Waals surface area contributed by atoms with Crippen molar-refractivity contribution in [2.24, 2.45) is 4.99 Å². The maximum absolute atomic E-state index is 14.3. The van der Waals surface area contributed by atoms with Crippen LogP contribution in [0.1, 0.15) is 57.7 Å². The largest absolute Gasteiger partial charge is 0.496 e. The quantitative estimate of drug-likeness (QED) is 0.199. The van der Waals surface area contributed by atoms with Crippen molar-refractivity contribution in [3.63, 3.8) is 0 Å². The van der Waals surface area contributed by atoms with Gasteiger partial charge in [-0.05, 0) is 68.5 Å². The number of ether oxygens (including phenoxy) is 3. The van der Waals surface area contributed by atoms with Gasteiger partial charge in [-0.15, -0.1) is 0 Å². The third kappa shape index (κ3) is 5.68. The summed E-state index contributed by atoms with van der Waals surface area (Å²) in [5.74, 6) is 0.867. The molecule has 218 valence electrons. The van der Waals surface area contributed by atoms with Gasteiger partial charge in [-0.3, -0.25) is 9.36 Å². The standard InChI is InChI=1S/C33H33BrN2O5S/c1-6-10-25-29(32(38)40-7-2)30(24-18-21(34)14-16-26(24)39-5)36-31(37)28(42-33(36)35-25)17-20-13-15-27(41-19(3)4)23-12-9-8-11-22(20)23/h8-9,11-19,30H,6-7,10H2,1-5H3/b28-17+/t30-/m1/s1. The Labute approximate surface area is 256 Å². The van der Waals surface area contributed by atoms with Crippen LogP contribution < -0.4 is 24.4 Å². The Morgan fingerprint density at radius 2 is 1.83 bits per heavy atom. The molecule has 42 heavy (non-hydrogen) atoms. The Bertz CT molecular complexity index is 1870. The van der Waals surface area contributed by atoms with Gasteiger partial charge in [-0.2, -0.15) is 0 Å². The number of carbonyl (C=O) groups excluding carboxylic acids is 1. The molecule has 5 rings (SSSR count). The van der Waals surface area contributed by atoms with E-state index in [9.17, 15) is 9.59 Å². The number of carbonyl (C=O) groups is 1. The maximum Gasteiger partial charge on any atom is 0.338 e. The summed E-state index contributed by atoms with van der Waals surface area (Å²) in [6.45, 7) is 8.00. The Morgan fingerprint density at radius 1 is 1.10 bits per heavy atom. The predicted molar refractivity (Wildman–Crippen MR) is 170 cm³/mol. The average Bonchev–Trinajstić information content (AvgIpc) is 3.27. The van der Waals surface area contributed by atoms with E-state index in [0.717, 1.165) is 33.0 Å². The summed E-state index contributed by atoms with van der Waals surface area (Å²) in [6, 6.07) is 16.7. The van der Waals surface area contributed by atoms with E-state index in [2.05, 4.69) is 15.9 Å². The highest BCUT2D eigenvalue weighted by atomic mass is 79.9. The van der Waals surface area contributed by atoms with Crippen LogP contribution in [0.15, 0.2) is 80.1 Å². The second kappa shape index (κ2) is 12.7. The van der Waals surface area contributed by atoms with Crippen LogP contribution in [0.2, 0.25) is 0 Å². The molecule has 0 bridgehead atoms.